The summed E-state index contributed by atoms with van der Waals surface area (Å²) in [5.74, 6) is -0.185. The molecule has 5 N–H and O–H groups in total. The highest BCUT2D eigenvalue weighted by Crippen LogP contribution is 2.11. The Bertz CT molecular complexity index is 184. The summed E-state index contributed by atoms with van der Waals surface area (Å²) in [6.45, 7) is 1.59. The van der Waals surface area contributed by atoms with Crippen LogP contribution in [0.4, 0.5) is 0 Å². The van der Waals surface area contributed by atoms with Gasteiger partial charge in [0.05, 0.1) is 6.04 Å². The largest absolute Gasteiger partial charge is 0.386 e. The third-order valence-corrected chi connectivity index (χ3v) is 1.62. The zero-order valence-corrected chi connectivity index (χ0v) is 6.05. The predicted molar refractivity (Wildman–Crippen MR) is 36.7 cm³/mol. The highest BCUT2D eigenvalue weighted by molar-refractivity contribution is 5.78. The molecular weight excluding hydrogens is 150 g/mol. The predicted octanol–water partition coefficient (Wildman–Crippen LogP) is -1.93. The van der Waals surface area contributed by atoms with Crippen LogP contribution in [0.2, 0.25) is 0 Å². The first-order valence-electron chi connectivity index (χ1n) is 3.21. The van der Waals surface area contributed by atoms with Crippen LogP contribution in [-0.2, 0) is 0 Å². The van der Waals surface area contributed by atoms with E-state index in [2.05, 4.69) is 4.99 Å². The van der Waals surface area contributed by atoms with Crippen LogP contribution >= 0.6 is 0 Å². The van der Waals surface area contributed by atoms with Crippen molar-refractivity contribution in [2.24, 2.45) is 10.7 Å². The van der Waals surface area contributed by atoms with Crippen LogP contribution < -0.4 is 5.73 Å². The summed E-state index contributed by atoms with van der Waals surface area (Å²) in [6, 6.07) is -0.492. The van der Waals surface area contributed by atoms with Gasteiger partial charge in [0.1, 0.15) is 6.10 Å². The average Bonchev–Trinajstić information content (AvgIpc) is 1.97. The van der Waals surface area contributed by atoms with E-state index >= 15 is 0 Å². The van der Waals surface area contributed by atoms with Crippen molar-refractivity contribution in [3.8, 4) is 0 Å². The molecule has 0 aromatic heterocycles. The van der Waals surface area contributed by atoms with Crippen molar-refractivity contribution in [1.29, 1.82) is 0 Å². The molecule has 6 heteroatoms. The van der Waals surface area contributed by atoms with Gasteiger partial charge in [0.15, 0.2) is 6.23 Å². The summed E-state index contributed by atoms with van der Waals surface area (Å²) in [6.07, 6.45) is -2.49. The van der Waals surface area contributed by atoms with E-state index in [1.165, 1.54) is 0 Å². The Hall–Kier alpha value is -0.850. The maximum Gasteiger partial charge on any atom is 0.218 e. The number of aliphatic imine (C=N–C) groups is 1. The number of aliphatic hydroxyl groups excluding tert-OH is 2. The normalized spacial score (nSPS) is 38.7. The summed E-state index contributed by atoms with van der Waals surface area (Å²) < 4.78 is 0. The number of hydrogen-bond donors (Lipinski definition) is 4. The van der Waals surface area contributed by atoms with Gasteiger partial charge >= 0.3 is 0 Å². The Labute approximate surface area is 63.5 Å². The minimum atomic E-state index is -1.39. The maximum absolute atomic E-state index is 9.12. The number of aliphatic hydroxyl groups is 2. The molecule has 1 aliphatic heterocycles. The number of hydrogen-bond acceptors (Lipinski definition) is 6. The minimum Gasteiger partial charge on any atom is -0.386 e. The van der Waals surface area contributed by atoms with E-state index < -0.39 is 18.4 Å². The maximum atomic E-state index is 9.12. The van der Waals surface area contributed by atoms with Crippen molar-refractivity contribution in [3.05, 3.63) is 0 Å². The van der Waals surface area contributed by atoms with Crippen LogP contribution in [0.3, 0.4) is 0 Å². The lowest BCUT2D eigenvalue weighted by Crippen LogP contribution is -2.55. The van der Waals surface area contributed by atoms with E-state index in [-0.39, 0.29) is 5.96 Å². The fourth-order valence-corrected chi connectivity index (χ4v) is 0.873. The molecule has 3 atom stereocenters. The van der Waals surface area contributed by atoms with Gasteiger partial charge in [-0.25, -0.2) is 4.99 Å². The van der Waals surface area contributed by atoms with Crippen LogP contribution in [0.15, 0.2) is 4.99 Å². The van der Waals surface area contributed by atoms with E-state index in [0.717, 1.165) is 0 Å². The molecule has 0 fully saturated rings. The van der Waals surface area contributed by atoms with Gasteiger partial charge in [0, 0.05) is 0 Å². The molecule has 0 aromatic carbocycles. The van der Waals surface area contributed by atoms with Crippen LogP contribution in [0.5, 0.6) is 0 Å². The lowest BCUT2D eigenvalue weighted by molar-refractivity contribution is -0.190. The molecule has 6 nitrogen and oxygen atoms in total. The second-order valence-corrected chi connectivity index (χ2v) is 2.48. The van der Waals surface area contributed by atoms with Crippen molar-refractivity contribution in [3.63, 3.8) is 0 Å². The lowest BCUT2D eigenvalue weighted by atomic mass is 10.1. The molecule has 0 saturated heterocycles. The Balaban J connectivity index is 2.83. The van der Waals surface area contributed by atoms with E-state index in [9.17, 15) is 0 Å². The molecule has 0 bridgehead atoms. The molecule has 0 spiro atoms. The lowest BCUT2D eigenvalue weighted by Gasteiger charge is -2.32. The highest BCUT2D eigenvalue weighted by Gasteiger charge is 2.33. The van der Waals surface area contributed by atoms with Crippen molar-refractivity contribution in [1.82, 2.24) is 5.06 Å². The van der Waals surface area contributed by atoms with E-state index in [1.54, 1.807) is 6.92 Å². The zero-order valence-electron chi connectivity index (χ0n) is 6.05. The van der Waals surface area contributed by atoms with Crippen molar-refractivity contribution in [2.45, 2.75) is 25.3 Å². The number of hydroxylamine groups is 2. The first kappa shape index (κ1) is 8.25. The van der Waals surface area contributed by atoms with Gasteiger partial charge in [-0.15, -0.1) is 0 Å². The van der Waals surface area contributed by atoms with Crippen LogP contribution in [0.1, 0.15) is 6.92 Å². The molecule has 0 amide bonds. The quantitative estimate of drug-likeness (QED) is 0.331. The van der Waals surface area contributed by atoms with Crippen molar-refractivity contribution >= 4 is 5.96 Å². The minimum absolute atomic E-state index is 0.185. The van der Waals surface area contributed by atoms with E-state index in [1.807, 2.05) is 0 Å². The molecule has 0 aromatic rings. The Morgan fingerprint density at radius 3 is 2.64 bits per heavy atom. The van der Waals surface area contributed by atoms with Gasteiger partial charge in [-0.05, 0) is 6.92 Å². The smallest absolute Gasteiger partial charge is 0.218 e. The third-order valence-electron chi connectivity index (χ3n) is 1.62. The monoisotopic (exact) mass is 161 g/mol. The zero-order chi connectivity index (χ0) is 8.59. The Morgan fingerprint density at radius 2 is 2.09 bits per heavy atom. The molecule has 3 unspecified atom stereocenters. The molecule has 1 rings (SSSR count). The third kappa shape index (κ3) is 1.28. The summed E-state index contributed by atoms with van der Waals surface area (Å²) in [4.78, 5) is 3.66. The molecule has 1 heterocycles. The second-order valence-electron chi connectivity index (χ2n) is 2.48. The molecule has 0 saturated carbocycles. The number of rotatable bonds is 0. The highest BCUT2D eigenvalue weighted by atomic mass is 16.5. The van der Waals surface area contributed by atoms with Crippen LogP contribution in [-0.4, -0.2) is 44.8 Å². The van der Waals surface area contributed by atoms with E-state index in [4.69, 9.17) is 21.2 Å². The fraction of sp³-hybridized carbons (Fsp3) is 0.800. The van der Waals surface area contributed by atoms with Gasteiger partial charge in [0.2, 0.25) is 5.96 Å². The second kappa shape index (κ2) is 2.65. The van der Waals surface area contributed by atoms with Crippen LogP contribution in [0, 0.1) is 0 Å². The molecule has 1 aliphatic rings. The fourth-order valence-electron chi connectivity index (χ4n) is 0.873. The summed E-state index contributed by atoms with van der Waals surface area (Å²) >= 11 is 0. The summed E-state index contributed by atoms with van der Waals surface area (Å²) in [7, 11) is 0. The van der Waals surface area contributed by atoms with Crippen molar-refractivity contribution < 1.29 is 15.4 Å². The SMILES string of the molecule is CC1N=C(N)N(O)C(O)C1O. The Morgan fingerprint density at radius 1 is 1.55 bits per heavy atom. The number of nitrogens with two attached hydrogens (primary N) is 1. The summed E-state index contributed by atoms with van der Waals surface area (Å²) in [5, 5.41) is 27.4. The molecule has 11 heavy (non-hydrogen) atoms. The van der Waals surface area contributed by atoms with Crippen molar-refractivity contribution in [2.75, 3.05) is 0 Å². The Kier molecular flexibility index (Phi) is 1.99. The van der Waals surface area contributed by atoms with E-state index in [0.29, 0.717) is 5.06 Å². The summed E-state index contributed by atoms with van der Waals surface area (Å²) in [5.41, 5.74) is 5.18. The molecule has 64 valence electrons. The van der Waals surface area contributed by atoms with Gasteiger partial charge < -0.3 is 15.9 Å². The first-order chi connectivity index (χ1) is 5.04. The first-order valence-corrected chi connectivity index (χ1v) is 3.21. The average molecular weight is 161 g/mol. The standard InChI is InChI=1S/C5H11N3O3/c1-2-3(9)4(10)8(11)5(6)7-2/h2-4,9-11H,1H3,(H2,6,7). The van der Waals surface area contributed by atoms with Gasteiger partial charge in [-0.1, -0.05) is 0 Å². The number of guanidine groups is 1. The number of nitrogens with zero attached hydrogens (tertiary/aromatic N) is 2. The molecule has 0 radical (unpaired) electrons. The van der Waals surface area contributed by atoms with Gasteiger partial charge in [-0.2, -0.15) is 5.06 Å². The van der Waals surface area contributed by atoms with Crippen LogP contribution in [0.25, 0.3) is 0 Å². The molecule has 0 aliphatic carbocycles. The van der Waals surface area contributed by atoms with Gasteiger partial charge in [0.25, 0.3) is 0 Å². The van der Waals surface area contributed by atoms with Gasteiger partial charge in [-0.3, -0.25) is 5.21 Å². The topological polar surface area (TPSA) is 102 Å². The molecular formula is C5H11N3O3.